The summed E-state index contributed by atoms with van der Waals surface area (Å²) in [5, 5.41) is 25.0. The molecule has 17 heavy (non-hydrogen) atoms. The van der Waals surface area contributed by atoms with Gasteiger partial charge in [-0.3, -0.25) is 5.21 Å². The predicted molar refractivity (Wildman–Crippen MR) is 63.8 cm³/mol. The van der Waals surface area contributed by atoms with E-state index in [-0.39, 0.29) is 22.5 Å². The number of benzene rings is 1. The van der Waals surface area contributed by atoms with Gasteiger partial charge in [0.2, 0.25) is 5.96 Å². The summed E-state index contributed by atoms with van der Waals surface area (Å²) < 4.78 is 4.91. The molecule has 1 rings (SSSR count). The van der Waals surface area contributed by atoms with E-state index >= 15 is 0 Å². The average molecular weight is 259 g/mol. The molecule has 0 radical (unpaired) electrons. The Labute approximate surface area is 102 Å². The highest BCUT2D eigenvalue weighted by atomic mass is 35.5. The van der Waals surface area contributed by atoms with Gasteiger partial charge in [-0.25, -0.2) is 5.48 Å². The van der Waals surface area contributed by atoms with E-state index in [2.05, 4.69) is 10.2 Å². The number of phenols is 1. The van der Waals surface area contributed by atoms with Crippen LogP contribution in [0.4, 0.5) is 0 Å². The number of nitrogens with one attached hydrogen (secondary N) is 1. The summed E-state index contributed by atoms with van der Waals surface area (Å²) in [6.45, 7) is 0. The number of hydrogen-bond donors (Lipinski definition) is 4. The highest BCUT2D eigenvalue weighted by molar-refractivity contribution is 6.33. The van der Waals surface area contributed by atoms with Gasteiger partial charge in [-0.2, -0.15) is 5.10 Å². The first kappa shape index (κ1) is 13.1. The molecule has 0 bridgehead atoms. The number of halogens is 1. The van der Waals surface area contributed by atoms with Crippen molar-refractivity contribution in [3.63, 3.8) is 0 Å². The number of guanidine groups is 1. The van der Waals surface area contributed by atoms with Gasteiger partial charge in [-0.1, -0.05) is 11.6 Å². The van der Waals surface area contributed by atoms with Crippen LogP contribution in [0.3, 0.4) is 0 Å². The minimum Gasteiger partial charge on any atom is -0.504 e. The van der Waals surface area contributed by atoms with E-state index in [0.29, 0.717) is 5.56 Å². The van der Waals surface area contributed by atoms with Crippen molar-refractivity contribution in [3.8, 4) is 11.5 Å². The normalized spacial score (nSPS) is 11.8. The Morgan fingerprint density at radius 3 is 2.88 bits per heavy atom. The molecule has 0 atom stereocenters. The summed E-state index contributed by atoms with van der Waals surface area (Å²) >= 11 is 5.86. The molecule has 0 fully saturated rings. The second-order valence-corrected chi connectivity index (χ2v) is 3.29. The summed E-state index contributed by atoms with van der Waals surface area (Å²) in [4.78, 5) is 0. The maximum atomic E-state index is 9.42. The van der Waals surface area contributed by atoms with Crippen LogP contribution in [0.15, 0.2) is 22.3 Å². The van der Waals surface area contributed by atoms with Gasteiger partial charge in [-0.05, 0) is 6.07 Å². The molecular weight excluding hydrogens is 248 g/mol. The van der Waals surface area contributed by atoms with Crippen molar-refractivity contribution in [3.05, 3.63) is 22.7 Å². The molecule has 0 aliphatic carbocycles. The second kappa shape index (κ2) is 5.92. The lowest BCUT2D eigenvalue weighted by Crippen LogP contribution is -2.27. The molecule has 1 aromatic carbocycles. The Kier molecular flexibility index (Phi) is 4.56. The van der Waals surface area contributed by atoms with Crippen LogP contribution in [0, 0.1) is 0 Å². The minimum absolute atomic E-state index is 0.0744. The van der Waals surface area contributed by atoms with E-state index in [1.54, 1.807) is 5.48 Å². The quantitative estimate of drug-likeness (QED) is 0.362. The van der Waals surface area contributed by atoms with Crippen molar-refractivity contribution in [2.75, 3.05) is 7.11 Å². The first-order valence-electron chi connectivity index (χ1n) is 4.41. The van der Waals surface area contributed by atoms with Gasteiger partial charge < -0.3 is 15.6 Å². The van der Waals surface area contributed by atoms with E-state index in [4.69, 9.17) is 27.3 Å². The smallest absolute Gasteiger partial charge is 0.237 e. The molecule has 0 aromatic heterocycles. The van der Waals surface area contributed by atoms with Crippen molar-refractivity contribution in [2.45, 2.75) is 0 Å². The molecule has 0 heterocycles. The minimum atomic E-state index is -0.261. The van der Waals surface area contributed by atoms with E-state index in [9.17, 15) is 5.11 Å². The molecule has 7 nitrogen and oxygen atoms in total. The summed E-state index contributed by atoms with van der Waals surface area (Å²) in [5.41, 5.74) is 7.23. The van der Waals surface area contributed by atoms with E-state index in [1.807, 2.05) is 0 Å². The fourth-order valence-electron chi connectivity index (χ4n) is 0.997. The van der Waals surface area contributed by atoms with E-state index < -0.39 is 0 Å². The highest BCUT2D eigenvalue weighted by Gasteiger charge is 2.06. The molecule has 92 valence electrons. The zero-order chi connectivity index (χ0) is 12.8. The SMILES string of the molecule is COc1cc(/C=N/N=C(\N)NO)c(Cl)cc1O. The zero-order valence-corrected chi connectivity index (χ0v) is 9.64. The van der Waals surface area contributed by atoms with Crippen molar-refractivity contribution in [1.29, 1.82) is 0 Å². The van der Waals surface area contributed by atoms with Gasteiger partial charge in [0.15, 0.2) is 11.5 Å². The molecular formula is C9H11ClN4O3. The predicted octanol–water partition coefficient (Wildman–Crippen LogP) is 0.682. The molecule has 0 unspecified atom stereocenters. The van der Waals surface area contributed by atoms with Crippen molar-refractivity contribution < 1.29 is 15.1 Å². The first-order chi connectivity index (χ1) is 8.08. The van der Waals surface area contributed by atoms with Crippen LogP contribution in [0.5, 0.6) is 11.5 Å². The number of ether oxygens (including phenoxy) is 1. The average Bonchev–Trinajstić information content (AvgIpc) is 2.31. The van der Waals surface area contributed by atoms with Gasteiger partial charge in [0.25, 0.3) is 0 Å². The number of nitrogens with two attached hydrogens (primary N) is 1. The fraction of sp³-hybridized carbons (Fsp3) is 0.111. The second-order valence-electron chi connectivity index (χ2n) is 2.89. The van der Waals surface area contributed by atoms with Crippen LogP contribution in [0.25, 0.3) is 0 Å². The Balaban J connectivity index is 2.99. The maximum Gasteiger partial charge on any atom is 0.237 e. The number of aromatic hydroxyl groups is 1. The van der Waals surface area contributed by atoms with E-state index in [1.165, 1.54) is 25.5 Å². The molecule has 8 heteroatoms. The summed E-state index contributed by atoms with van der Waals surface area (Å²) in [6.07, 6.45) is 1.30. The van der Waals surface area contributed by atoms with Crippen LogP contribution < -0.4 is 16.0 Å². The first-order valence-corrected chi connectivity index (χ1v) is 4.79. The number of methoxy groups -OCH3 is 1. The Hall–Kier alpha value is -1.99. The summed E-state index contributed by atoms with van der Waals surface area (Å²) in [7, 11) is 1.41. The largest absolute Gasteiger partial charge is 0.504 e. The topological polar surface area (TPSA) is 112 Å². The van der Waals surface area contributed by atoms with E-state index in [0.717, 1.165) is 0 Å². The maximum absolute atomic E-state index is 9.42. The lowest BCUT2D eigenvalue weighted by atomic mass is 10.2. The molecule has 0 saturated heterocycles. The molecule has 0 amide bonds. The third-order valence-electron chi connectivity index (χ3n) is 1.78. The van der Waals surface area contributed by atoms with Crippen molar-refractivity contribution >= 4 is 23.8 Å². The lowest BCUT2D eigenvalue weighted by molar-refractivity contribution is 0.232. The summed E-state index contributed by atoms with van der Waals surface area (Å²) in [5.74, 6) is -0.0779. The molecule has 1 aromatic rings. The molecule has 5 N–H and O–H groups in total. The van der Waals surface area contributed by atoms with Gasteiger partial charge in [-0.15, -0.1) is 5.10 Å². The van der Waals surface area contributed by atoms with Crippen LogP contribution in [-0.2, 0) is 0 Å². The van der Waals surface area contributed by atoms with Gasteiger partial charge in [0.1, 0.15) is 0 Å². The third kappa shape index (κ3) is 3.51. The van der Waals surface area contributed by atoms with Crippen LogP contribution in [0.1, 0.15) is 5.56 Å². The number of rotatable bonds is 3. The van der Waals surface area contributed by atoms with Gasteiger partial charge in [0.05, 0.1) is 18.3 Å². The Bertz CT molecular complexity index is 462. The molecule has 0 aliphatic heterocycles. The van der Waals surface area contributed by atoms with Crippen LogP contribution >= 0.6 is 11.6 Å². The van der Waals surface area contributed by atoms with Gasteiger partial charge >= 0.3 is 0 Å². The molecule has 0 spiro atoms. The lowest BCUT2D eigenvalue weighted by Gasteiger charge is -2.05. The monoisotopic (exact) mass is 258 g/mol. The molecule has 0 saturated carbocycles. The van der Waals surface area contributed by atoms with Gasteiger partial charge in [0, 0.05) is 11.6 Å². The number of phenolic OH excluding ortho intramolecular Hbond substituents is 1. The van der Waals surface area contributed by atoms with Crippen molar-refractivity contribution in [1.82, 2.24) is 5.48 Å². The number of nitrogens with zero attached hydrogens (tertiary/aromatic N) is 2. The summed E-state index contributed by atoms with van der Waals surface area (Å²) in [6, 6.07) is 2.80. The molecule has 0 aliphatic rings. The zero-order valence-electron chi connectivity index (χ0n) is 8.88. The third-order valence-corrected chi connectivity index (χ3v) is 2.10. The standard InChI is InChI=1S/C9H11ClN4O3/c1-17-8-2-5(6(10)3-7(8)15)4-12-13-9(11)14-16/h2-4,15-16H,1H3,(H3,11,13,14)/b12-4+. The van der Waals surface area contributed by atoms with Crippen molar-refractivity contribution in [2.24, 2.45) is 15.9 Å². The fourth-order valence-corrected chi connectivity index (χ4v) is 1.20. The van der Waals surface area contributed by atoms with Crippen LogP contribution in [0.2, 0.25) is 5.02 Å². The Morgan fingerprint density at radius 2 is 2.29 bits per heavy atom. The number of hydrogen-bond acceptors (Lipinski definition) is 5. The Morgan fingerprint density at radius 1 is 1.59 bits per heavy atom. The number of hydroxylamine groups is 1. The highest BCUT2D eigenvalue weighted by Crippen LogP contribution is 2.31. The van der Waals surface area contributed by atoms with Crippen LogP contribution in [-0.4, -0.2) is 29.6 Å².